The molecular formula is C17H25NO2S. The van der Waals surface area contributed by atoms with E-state index in [0.717, 1.165) is 24.0 Å². The Labute approximate surface area is 131 Å². The summed E-state index contributed by atoms with van der Waals surface area (Å²) in [5.41, 5.74) is 1.32. The van der Waals surface area contributed by atoms with Crippen LogP contribution in [0.2, 0.25) is 0 Å². The summed E-state index contributed by atoms with van der Waals surface area (Å²) < 4.78 is 11.4. The Bertz CT molecular complexity index is 486. The normalized spacial score (nSPS) is 19.7. The fourth-order valence-corrected chi connectivity index (χ4v) is 3.95. The first-order valence-corrected chi connectivity index (χ1v) is 9.20. The van der Waals surface area contributed by atoms with Crippen molar-refractivity contribution in [2.24, 2.45) is 5.92 Å². The molecule has 1 heterocycles. The molecule has 0 saturated heterocycles. The molecule has 1 aliphatic heterocycles. The molecule has 3 rings (SSSR count). The monoisotopic (exact) mass is 307 g/mol. The zero-order valence-electron chi connectivity index (χ0n) is 13.0. The number of nitrogens with one attached hydrogen (secondary N) is 1. The average Bonchev–Trinajstić information content (AvgIpc) is 3.06. The maximum atomic E-state index is 5.71. The van der Waals surface area contributed by atoms with Crippen LogP contribution in [-0.4, -0.2) is 25.5 Å². The van der Waals surface area contributed by atoms with Gasteiger partial charge >= 0.3 is 0 Å². The zero-order valence-corrected chi connectivity index (χ0v) is 13.8. The lowest BCUT2D eigenvalue weighted by Crippen LogP contribution is -2.32. The fraction of sp³-hybridized carbons (Fsp3) is 0.647. The molecule has 21 heavy (non-hydrogen) atoms. The summed E-state index contributed by atoms with van der Waals surface area (Å²) in [6, 6.07) is 4.86. The van der Waals surface area contributed by atoms with Crippen molar-refractivity contribution in [2.45, 2.75) is 50.1 Å². The maximum absolute atomic E-state index is 5.71. The molecule has 0 aromatic heterocycles. The highest BCUT2D eigenvalue weighted by atomic mass is 32.2. The molecule has 0 radical (unpaired) electrons. The van der Waals surface area contributed by atoms with E-state index in [1.807, 2.05) is 0 Å². The fourth-order valence-electron chi connectivity index (χ4n) is 3.34. The van der Waals surface area contributed by atoms with E-state index < -0.39 is 0 Å². The summed E-state index contributed by atoms with van der Waals surface area (Å²) >= 11 is 1.78. The molecule has 0 unspecified atom stereocenters. The third kappa shape index (κ3) is 3.49. The molecule has 3 nitrogen and oxygen atoms in total. The van der Waals surface area contributed by atoms with E-state index in [2.05, 4.69) is 30.6 Å². The summed E-state index contributed by atoms with van der Waals surface area (Å²) in [5, 5.41) is 3.71. The molecule has 2 aliphatic rings. The van der Waals surface area contributed by atoms with Crippen LogP contribution in [0.4, 0.5) is 0 Å². The lowest BCUT2D eigenvalue weighted by atomic mass is 9.99. The third-order valence-corrected chi connectivity index (χ3v) is 5.49. The van der Waals surface area contributed by atoms with Gasteiger partial charge in [0.2, 0.25) is 0 Å². The number of hydrogen-bond acceptors (Lipinski definition) is 4. The van der Waals surface area contributed by atoms with Crippen LogP contribution in [0.1, 0.15) is 38.2 Å². The molecular weight excluding hydrogens is 282 g/mol. The van der Waals surface area contributed by atoms with Gasteiger partial charge in [-0.3, -0.25) is 0 Å². The van der Waals surface area contributed by atoms with Gasteiger partial charge in [0.25, 0.3) is 0 Å². The second-order valence-corrected chi connectivity index (χ2v) is 6.87. The van der Waals surface area contributed by atoms with E-state index in [-0.39, 0.29) is 0 Å². The van der Waals surface area contributed by atoms with Gasteiger partial charge < -0.3 is 14.8 Å². The van der Waals surface area contributed by atoms with Crippen molar-refractivity contribution in [1.82, 2.24) is 5.32 Å². The molecule has 1 N–H and O–H groups in total. The molecule has 116 valence electrons. The minimum atomic E-state index is 0.593. The van der Waals surface area contributed by atoms with Gasteiger partial charge in [-0.15, -0.1) is 11.8 Å². The van der Waals surface area contributed by atoms with Gasteiger partial charge in [0.15, 0.2) is 11.5 Å². The largest absolute Gasteiger partial charge is 0.486 e. The topological polar surface area (TPSA) is 30.5 Å². The second kappa shape index (κ2) is 6.93. The highest BCUT2D eigenvalue weighted by molar-refractivity contribution is 7.98. The van der Waals surface area contributed by atoms with Gasteiger partial charge in [-0.05, 0) is 49.6 Å². The standard InChI is InChI=1S/C17H25NO2S/c1-12(13-5-3-4-6-13)18-11-14-9-15-16(10-17(14)21-2)20-8-7-19-15/h9-10,12-13,18H,3-8,11H2,1-2H3/t12-/m1/s1. The number of fused-ring (bicyclic) bond motifs is 1. The molecule has 4 heteroatoms. The third-order valence-electron chi connectivity index (χ3n) is 4.67. The lowest BCUT2D eigenvalue weighted by Gasteiger charge is -2.23. The smallest absolute Gasteiger partial charge is 0.162 e. The molecule has 1 fully saturated rings. The Morgan fingerprint density at radius 1 is 1.19 bits per heavy atom. The number of ether oxygens (including phenoxy) is 2. The molecule has 1 aliphatic carbocycles. The van der Waals surface area contributed by atoms with Crippen LogP contribution >= 0.6 is 11.8 Å². The van der Waals surface area contributed by atoms with Crippen molar-refractivity contribution >= 4 is 11.8 Å². The first kappa shape index (κ1) is 15.0. The van der Waals surface area contributed by atoms with E-state index in [1.165, 1.54) is 36.1 Å². The first-order chi connectivity index (χ1) is 10.3. The minimum Gasteiger partial charge on any atom is -0.486 e. The molecule has 1 saturated carbocycles. The highest BCUT2D eigenvalue weighted by Gasteiger charge is 2.22. The maximum Gasteiger partial charge on any atom is 0.162 e. The molecule has 0 spiro atoms. The SMILES string of the molecule is CSc1cc2c(cc1CN[C@H](C)C1CCCC1)OCCO2. The quantitative estimate of drug-likeness (QED) is 0.837. The van der Waals surface area contributed by atoms with Gasteiger partial charge in [0, 0.05) is 17.5 Å². The Kier molecular flexibility index (Phi) is 4.96. The van der Waals surface area contributed by atoms with Gasteiger partial charge in [-0.1, -0.05) is 12.8 Å². The van der Waals surface area contributed by atoms with Crippen molar-refractivity contribution < 1.29 is 9.47 Å². The van der Waals surface area contributed by atoms with Crippen LogP contribution in [0, 0.1) is 5.92 Å². The van der Waals surface area contributed by atoms with Crippen molar-refractivity contribution in [3.05, 3.63) is 17.7 Å². The van der Waals surface area contributed by atoms with Gasteiger partial charge in [0.1, 0.15) is 13.2 Å². The second-order valence-electron chi connectivity index (χ2n) is 6.02. The van der Waals surface area contributed by atoms with E-state index in [4.69, 9.17) is 9.47 Å². The summed E-state index contributed by atoms with van der Waals surface area (Å²) in [4.78, 5) is 1.28. The van der Waals surface area contributed by atoms with Crippen molar-refractivity contribution in [3.8, 4) is 11.5 Å². The molecule has 0 amide bonds. The Morgan fingerprint density at radius 3 is 2.52 bits per heavy atom. The minimum absolute atomic E-state index is 0.593. The molecule has 1 aromatic rings. The van der Waals surface area contributed by atoms with Crippen LogP contribution < -0.4 is 14.8 Å². The van der Waals surface area contributed by atoms with E-state index in [0.29, 0.717) is 19.3 Å². The Hall–Kier alpha value is -0.870. The Balaban J connectivity index is 1.68. The molecule has 0 bridgehead atoms. The van der Waals surface area contributed by atoms with Crippen molar-refractivity contribution in [2.75, 3.05) is 19.5 Å². The summed E-state index contributed by atoms with van der Waals surface area (Å²) in [7, 11) is 0. The van der Waals surface area contributed by atoms with Crippen LogP contribution in [-0.2, 0) is 6.54 Å². The number of benzene rings is 1. The number of thioether (sulfide) groups is 1. The average molecular weight is 307 g/mol. The number of hydrogen-bond donors (Lipinski definition) is 1. The molecule has 1 atom stereocenters. The predicted molar refractivity (Wildman–Crippen MR) is 87.5 cm³/mol. The zero-order chi connectivity index (χ0) is 14.7. The lowest BCUT2D eigenvalue weighted by molar-refractivity contribution is 0.171. The number of rotatable bonds is 5. The predicted octanol–water partition coefficient (Wildman–Crippen LogP) is 3.85. The van der Waals surface area contributed by atoms with E-state index in [9.17, 15) is 0 Å². The van der Waals surface area contributed by atoms with Gasteiger partial charge in [0.05, 0.1) is 0 Å². The Morgan fingerprint density at radius 2 is 1.86 bits per heavy atom. The summed E-state index contributed by atoms with van der Waals surface area (Å²) in [6.45, 7) is 4.53. The van der Waals surface area contributed by atoms with Crippen LogP contribution in [0.15, 0.2) is 17.0 Å². The van der Waals surface area contributed by atoms with Crippen molar-refractivity contribution in [3.63, 3.8) is 0 Å². The van der Waals surface area contributed by atoms with E-state index in [1.54, 1.807) is 11.8 Å². The summed E-state index contributed by atoms with van der Waals surface area (Å²) in [6.07, 6.45) is 7.68. The first-order valence-electron chi connectivity index (χ1n) is 7.98. The highest BCUT2D eigenvalue weighted by Crippen LogP contribution is 2.36. The van der Waals surface area contributed by atoms with Gasteiger partial charge in [-0.25, -0.2) is 0 Å². The molecule has 1 aromatic carbocycles. The summed E-state index contributed by atoms with van der Waals surface area (Å²) in [5.74, 6) is 2.63. The van der Waals surface area contributed by atoms with Crippen LogP contribution in [0.3, 0.4) is 0 Å². The van der Waals surface area contributed by atoms with Gasteiger partial charge in [-0.2, -0.15) is 0 Å². The van der Waals surface area contributed by atoms with Crippen LogP contribution in [0.5, 0.6) is 11.5 Å². The van der Waals surface area contributed by atoms with Crippen LogP contribution in [0.25, 0.3) is 0 Å². The van der Waals surface area contributed by atoms with E-state index >= 15 is 0 Å². The van der Waals surface area contributed by atoms with Crippen molar-refractivity contribution in [1.29, 1.82) is 0 Å².